The number of carbonyl (C=O) groups is 1. The minimum Gasteiger partial charge on any atom is -0.382 e. The first-order chi connectivity index (χ1) is 11.8. The van der Waals surface area contributed by atoms with Crippen molar-refractivity contribution in [2.24, 2.45) is 0 Å². The first kappa shape index (κ1) is 18.9. The number of hydrogen-bond donors (Lipinski definition) is 2. The zero-order valence-electron chi connectivity index (χ0n) is 14.0. The second-order valence-electron chi connectivity index (χ2n) is 5.63. The lowest BCUT2D eigenvalue weighted by molar-refractivity contribution is -0.384. The lowest BCUT2D eigenvalue weighted by Crippen LogP contribution is -2.39. The topological polar surface area (TPSA) is 111 Å². The van der Waals surface area contributed by atoms with Gasteiger partial charge in [0, 0.05) is 22.8 Å². The highest BCUT2D eigenvalue weighted by atomic mass is 79.9. The van der Waals surface area contributed by atoms with Crippen molar-refractivity contribution in [2.45, 2.75) is 32.1 Å². The lowest BCUT2D eigenvalue weighted by Gasteiger charge is -2.31. The number of nitrogens with zero attached hydrogens (tertiary/aromatic N) is 2. The molecule has 1 amide bonds. The highest BCUT2D eigenvalue weighted by Gasteiger charge is 2.37. The van der Waals surface area contributed by atoms with Crippen molar-refractivity contribution in [1.29, 1.82) is 0 Å². The van der Waals surface area contributed by atoms with E-state index in [1.165, 1.54) is 12.1 Å². The van der Waals surface area contributed by atoms with Gasteiger partial charge in [-0.3, -0.25) is 14.9 Å². The van der Waals surface area contributed by atoms with E-state index < -0.39 is 10.3 Å². The molecule has 0 unspecified atom stereocenters. The molecule has 0 bridgehead atoms. The van der Waals surface area contributed by atoms with E-state index in [1.54, 1.807) is 24.4 Å². The van der Waals surface area contributed by atoms with Gasteiger partial charge in [-0.25, -0.2) is 4.98 Å². The summed E-state index contributed by atoms with van der Waals surface area (Å²) in [7, 11) is 0. The molecule has 1 aromatic heterocycles. The number of benzene rings is 1. The number of carbonyl (C=O) groups excluding carboxylic acids is 1. The van der Waals surface area contributed by atoms with Crippen molar-refractivity contribution in [3.8, 4) is 0 Å². The fourth-order valence-corrected chi connectivity index (χ4v) is 3.14. The molecule has 3 N–H and O–H groups in total. The normalized spacial score (nSPS) is 11.2. The fraction of sp³-hybridized carbons (Fsp3) is 0.294. The summed E-state index contributed by atoms with van der Waals surface area (Å²) in [5.74, 6) is -0.000640. The van der Waals surface area contributed by atoms with Crippen molar-refractivity contribution < 1.29 is 9.72 Å². The van der Waals surface area contributed by atoms with E-state index in [0.29, 0.717) is 23.0 Å². The van der Waals surface area contributed by atoms with Crippen molar-refractivity contribution in [2.75, 3.05) is 11.1 Å². The number of nitro groups is 1. The van der Waals surface area contributed by atoms with Crippen LogP contribution in [0.1, 0.15) is 32.3 Å². The van der Waals surface area contributed by atoms with Gasteiger partial charge < -0.3 is 11.1 Å². The summed E-state index contributed by atoms with van der Waals surface area (Å²) in [5, 5.41) is 13.7. The van der Waals surface area contributed by atoms with Crippen LogP contribution in [-0.2, 0) is 10.2 Å². The van der Waals surface area contributed by atoms with Crippen LogP contribution >= 0.6 is 15.9 Å². The molecule has 2 rings (SSSR count). The Morgan fingerprint density at radius 2 is 1.92 bits per heavy atom. The zero-order valence-corrected chi connectivity index (χ0v) is 15.5. The zero-order chi connectivity index (χ0) is 18.6. The van der Waals surface area contributed by atoms with Crippen LogP contribution in [0, 0.1) is 10.1 Å². The average molecular weight is 407 g/mol. The van der Waals surface area contributed by atoms with E-state index in [2.05, 4.69) is 26.2 Å². The molecule has 0 aliphatic rings. The number of anilines is 2. The van der Waals surface area contributed by atoms with Gasteiger partial charge in [-0.15, -0.1) is 0 Å². The Kier molecular flexibility index (Phi) is 5.73. The SMILES string of the molecule is CCC(CC)(C(=O)Nc1cc(Br)cnc1N)c1ccc([N+](=O)[O-])cc1. The summed E-state index contributed by atoms with van der Waals surface area (Å²) >= 11 is 3.30. The molecule has 7 nitrogen and oxygen atoms in total. The third kappa shape index (κ3) is 3.79. The molecular formula is C17H19BrN4O3. The van der Waals surface area contributed by atoms with Crippen LogP contribution in [0.4, 0.5) is 17.2 Å². The molecule has 1 heterocycles. The number of nitrogens with two attached hydrogens (primary N) is 1. The van der Waals surface area contributed by atoms with Crippen LogP contribution in [0.5, 0.6) is 0 Å². The minimum atomic E-state index is -0.816. The second kappa shape index (κ2) is 7.60. The van der Waals surface area contributed by atoms with Crippen molar-refractivity contribution in [3.05, 3.63) is 56.7 Å². The van der Waals surface area contributed by atoms with E-state index in [4.69, 9.17) is 5.73 Å². The number of nitrogens with one attached hydrogen (secondary N) is 1. The molecule has 25 heavy (non-hydrogen) atoms. The molecule has 0 fully saturated rings. The van der Waals surface area contributed by atoms with Crippen molar-refractivity contribution in [1.82, 2.24) is 4.98 Å². The van der Waals surface area contributed by atoms with Crippen LogP contribution in [0.25, 0.3) is 0 Å². The molecule has 2 aromatic rings. The molecule has 0 radical (unpaired) electrons. The molecule has 0 saturated heterocycles. The third-order valence-electron chi connectivity index (χ3n) is 4.41. The average Bonchev–Trinajstić information content (AvgIpc) is 2.60. The fourth-order valence-electron chi connectivity index (χ4n) is 2.80. The van der Waals surface area contributed by atoms with Gasteiger partial charge in [0.2, 0.25) is 5.91 Å². The standard InChI is InChI=1S/C17H19BrN4O3/c1-3-17(4-2,11-5-7-13(8-6-11)22(24)25)16(23)21-14-9-12(18)10-20-15(14)19/h5-10H,3-4H2,1-2H3,(H2,19,20)(H,21,23). The Bertz CT molecular complexity index is 789. The molecule has 0 aliphatic heterocycles. The summed E-state index contributed by atoms with van der Waals surface area (Å²) in [6.45, 7) is 3.82. The predicted molar refractivity (Wildman–Crippen MR) is 100 cm³/mol. The van der Waals surface area contributed by atoms with Crippen LogP contribution in [0.3, 0.4) is 0 Å². The van der Waals surface area contributed by atoms with Gasteiger partial charge in [0.15, 0.2) is 0 Å². The van der Waals surface area contributed by atoms with Crippen molar-refractivity contribution >= 4 is 39.0 Å². The summed E-state index contributed by atoms with van der Waals surface area (Å²) in [5.41, 5.74) is 6.16. The van der Waals surface area contributed by atoms with E-state index >= 15 is 0 Å². The summed E-state index contributed by atoms with van der Waals surface area (Å²) < 4.78 is 0.700. The molecule has 0 aliphatic carbocycles. The number of hydrogen-bond acceptors (Lipinski definition) is 5. The maximum Gasteiger partial charge on any atom is 0.269 e. The largest absolute Gasteiger partial charge is 0.382 e. The first-order valence-electron chi connectivity index (χ1n) is 7.81. The molecular weight excluding hydrogens is 388 g/mol. The van der Waals surface area contributed by atoms with Gasteiger partial charge in [-0.2, -0.15) is 0 Å². The van der Waals surface area contributed by atoms with E-state index in [0.717, 1.165) is 5.56 Å². The lowest BCUT2D eigenvalue weighted by atomic mass is 9.75. The van der Waals surface area contributed by atoms with Gasteiger partial charge in [0.05, 0.1) is 16.0 Å². The Balaban J connectivity index is 2.39. The molecule has 132 valence electrons. The van der Waals surface area contributed by atoms with Crippen molar-refractivity contribution in [3.63, 3.8) is 0 Å². The minimum absolute atomic E-state index is 0.00861. The van der Waals surface area contributed by atoms with Crippen LogP contribution in [0.15, 0.2) is 41.0 Å². The Morgan fingerprint density at radius 3 is 2.44 bits per heavy atom. The molecule has 1 aromatic carbocycles. The Morgan fingerprint density at radius 1 is 1.32 bits per heavy atom. The Hall–Kier alpha value is -2.48. The van der Waals surface area contributed by atoms with E-state index in [1.807, 2.05) is 13.8 Å². The van der Waals surface area contributed by atoms with Crippen LogP contribution in [-0.4, -0.2) is 15.8 Å². The number of pyridine rings is 1. The number of nitrogen functional groups attached to an aromatic ring is 1. The van der Waals surface area contributed by atoms with Gasteiger partial charge in [-0.1, -0.05) is 26.0 Å². The molecule has 8 heteroatoms. The maximum absolute atomic E-state index is 13.0. The summed E-state index contributed by atoms with van der Waals surface area (Å²) in [6.07, 6.45) is 2.62. The number of rotatable bonds is 6. The number of amides is 1. The van der Waals surface area contributed by atoms with Gasteiger partial charge >= 0.3 is 0 Å². The highest BCUT2D eigenvalue weighted by Crippen LogP contribution is 2.35. The number of halogens is 1. The Labute approximate surface area is 153 Å². The quantitative estimate of drug-likeness (QED) is 0.555. The summed E-state index contributed by atoms with van der Waals surface area (Å²) in [4.78, 5) is 27.4. The van der Waals surface area contributed by atoms with Gasteiger partial charge in [0.25, 0.3) is 5.69 Å². The maximum atomic E-state index is 13.0. The third-order valence-corrected chi connectivity index (χ3v) is 4.84. The number of aromatic nitrogens is 1. The number of non-ortho nitro benzene ring substituents is 1. The molecule has 0 spiro atoms. The predicted octanol–water partition coefficient (Wildman–Crippen LogP) is 4.03. The highest BCUT2D eigenvalue weighted by molar-refractivity contribution is 9.10. The first-order valence-corrected chi connectivity index (χ1v) is 8.60. The summed E-state index contributed by atoms with van der Waals surface area (Å²) in [6, 6.07) is 7.78. The van der Waals surface area contributed by atoms with Crippen LogP contribution < -0.4 is 11.1 Å². The van der Waals surface area contributed by atoms with Gasteiger partial charge in [-0.05, 0) is 40.4 Å². The second-order valence-corrected chi connectivity index (χ2v) is 6.55. The monoisotopic (exact) mass is 406 g/mol. The van der Waals surface area contributed by atoms with Gasteiger partial charge in [0.1, 0.15) is 5.82 Å². The smallest absolute Gasteiger partial charge is 0.269 e. The molecule has 0 atom stereocenters. The van der Waals surface area contributed by atoms with E-state index in [-0.39, 0.29) is 17.4 Å². The number of nitro benzene ring substituents is 1. The van der Waals surface area contributed by atoms with E-state index in [9.17, 15) is 14.9 Å². The van der Waals surface area contributed by atoms with Crippen LogP contribution in [0.2, 0.25) is 0 Å². The molecule has 0 saturated carbocycles.